The van der Waals surface area contributed by atoms with Crippen LogP contribution in [0.1, 0.15) is 12.5 Å². The number of nitrogens with one attached hydrogen (secondary N) is 2. The lowest BCUT2D eigenvalue weighted by atomic mass is 10.2. The molecule has 0 aromatic heterocycles. The highest BCUT2D eigenvalue weighted by atomic mass is 35.5. The normalized spacial score (nSPS) is 10.6. The van der Waals surface area contributed by atoms with E-state index in [1.54, 1.807) is 6.92 Å². The van der Waals surface area contributed by atoms with E-state index in [4.69, 9.17) is 16.3 Å². The number of carbonyl (C=O) groups is 2. The van der Waals surface area contributed by atoms with E-state index >= 15 is 0 Å². The number of aromatic hydroxyl groups is 1. The van der Waals surface area contributed by atoms with Crippen LogP contribution in [0.25, 0.3) is 0 Å². The molecular formula is C17H15ClFN3O4. The molecule has 136 valence electrons. The second-order valence-electron chi connectivity index (χ2n) is 4.94. The summed E-state index contributed by atoms with van der Waals surface area (Å²) < 4.78 is 18.0. The van der Waals surface area contributed by atoms with Crippen LogP contribution in [0.2, 0.25) is 5.02 Å². The summed E-state index contributed by atoms with van der Waals surface area (Å²) in [4.78, 5) is 23.4. The zero-order chi connectivity index (χ0) is 19.1. The van der Waals surface area contributed by atoms with E-state index in [1.165, 1.54) is 30.5 Å². The lowest BCUT2D eigenvalue weighted by molar-refractivity contribution is -0.136. The van der Waals surface area contributed by atoms with Gasteiger partial charge in [0.25, 0.3) is 0 Å². The first-order chi connectivity index (χ1) is 12.4. The molecular weight excluding hydrogens is 365 g/mol. The van der Waals surface area contributed by atoms with Crippen molar-refractivity contribution in [1.82, 2.24) is 5.43 Å². The molecule has 0 radical (unpaired) electrons. The lowest BCUT2D eigenvalue weighted by Gasteiger charge is -2.08. The quantitative estimate of drug-likeness (QED) is 0.422. The predicted octanol–water partition coefficient (Wildman–Crippen LogP) is 2.67. The van der Waals surface area contributed by atoms with E-state index in [0.29, 0.717) is 12.2 Å². The third-order valence-electron chi connectivity index (χ3n) is 3.04. The van der Waals surface area contributed by atoms with Gasteiger partial charge in [-0.25, -0.2) is 9.82 Å². The Hall–Kier alpha value is -3.13. The molecule has 2 aromatic rings. The van der Waals surface area contributed by atoms with Gasteiger partial charge in [0.1, 0.15) is 5.82 Å². The van der Waals surface area contributed by atoms with Crippen LogP contribution in [0.15, 0.2) is 41.5 Å². The monoisotopic (exact) mass is 379 g/mol. The van der Waals surface area contributed by atoms with Gasteiger partial charge >= 0.3 is 11.8 Å². The zero-order valence-corrected chi connectivity index (χ0v) is 14.4. The molecule has 0 fully saturated rings. The number of nitrogens with zero attached hydrogens (tertiary/aromatic N) is 1. The van der Waals surface area contributed by atoms with Crippen LogP contribution in [0.5, 0.6) is 11.5 Å². The molecule has 3 N–H and O–H groups in total. The molecule has 0 aliphatic carbocycles. The average molecular weight is 380 g/mol. The van der Waals surface area contributed by atoms with Gasteiger partial charge in [-0.15, -0.1) is 0 Å². The zero-order valence-electron chi connectivity index (χ0n) is 13.6. The number of anilines is 1. The first-order valence-electron chi connectivity index (χ1n) is 7.46. The highest BCUT2D eigenvalue weighted by Gasteiger charge is 2.13. The number of halogens is 2. The largest absolute Gasteiger partial charge is 0.503 e. The van der Waals surface area contributed by atoms with Crippen molar-refractivity contribution >= 4 is 35.3 Å². The van der Waals surface area contributed by atoms with Crippen LogP contribution in [0, 0.1) is 5.82 Å². The van der Waals surface area contributed by atoms with E-state index in [9.17, 15) is 19.1 Å². The standard InChI is InChI=1S/C17H15ClFN3O4/c1-2-26-14-8-10(7-13(18)15(14)23)9-20-22-17(25)16(24)21-12-5-3-11(19)4-6-12/h3-9,23H,2H2,1H3,(H,21,24)(H,22,25)/b20-9-. The van der Waals surface area contributed by atoms with E-state index in [0.717, 1.165) is 12.1 Å². The first kappa shape index (κ1) is 19.2. The summed E-state index contributed by atoms with van der Waals surface area (Å²) in [5.74, 6) is -2.47. The van der Waals surface area contributed by atoms with Crippen LogP contribution < -0.4 is 15.5 Å². The Balaban J connectivity index is 1.97. The van der Waals surface area contributed by atoms with E-state index in [1.807, 2.05) is 5.43 Å². The number of ether oxygens (including phenoxy) is 1. The van der Waals surface area contributed by atoms with Crippen LogP contribution >= 0.6 is 11.6 Å². The molecule has 9 heteroatoms. The Kier molecular flexibility index (Phi) is 6.51. The van der Waals surface area contributed by atoms with Gasteiger partial charge in [-0.3, -0.25) is 9.59 Å². The van der Waals surface area contributed by atoms with Crippen molar-refractivity contribution in [3.63, 3.8) is 0 Å². The predicted molar refractivity (Wildman–Crippen MR) is 95.1 cm³/mol. The third-order valence-corrected chi connectivity index (χ3v) is 3.33. The number of carbonyl (C=O) groups excluding carboxylic acids is 2. The van der Waals surface area contributed by atoms with Gasteiger partial charge in [0.2, 0.25) is 0 Å². The average Bonchev–Trinajstić information content (AvgIpc) is 2.61. The molecule has 0 atom stereocenters. The number of benzene rings is 2. The van der Waals surface area contributed by atoms with Crippen LogP contribution in [0.3, 0.4) is 0 Å². The minimum Gasteiger partial charge on any atom is -0.503 e. The van der Waals surface area contributed by atoms with E-state index in [-0.39, 0.29) is 22.2 Å². The van der Waals surface area contributed by atoms with Crippen molar-refractivity contribution in [3.8, 4) is 11.5 Å². The first-order valence-corrected chi connectivity index (χ1v) is 7.83. The molecule has 0 aliphatic rings. The van der Waals surface area contributed by atoms with E-state index in [2.05, 4.69) is 10.4 Å². The number of hydrogen-bond donors (Lipinski definition) is 3. The third kappa shape index (κ3) is 5.18. The molecule has 7 nitrogen and oxygen atoms in total. The molecule has 2 amide bonds. The van der Waals surface area contributed by atoms with Crippen molar-refractivity contribution in [2.24, 2.45) is 5.10 Å². The molecule has 0 unspecified atom stereocenters. The summed E-state index contributed by atoms with van der Waals surface area (Å²) in [6.07, 6.45) is 1.23. The maximum Gasteiger partial charge on any atom is 0.329 e. The minimum absolute atomic E-state index is 0.0535. The van der Waals surface area contributed by atoms with Crippen LogP contribution in [0.4, 0.5) is 10.1 Å². The number of phenols is 1. The van der Waals surface area contributed by atoms with Crippen LogP contribution in [-0.4, -0.2) is 29.7 Å². The summed E-state index contributed by atoms with van der Waals surface area (Å²) in [5, 5.41) is 15.7. The molecule has 0 saturated carbocycles. The number of hydrazone groups is 1. The number of phenolic OH excluding ortho intramolecular Hbond substituents is 1. The van der Waals surface area contributed by atoms with Gasteiger partial charge in [0, 0.05) is 5.69 Å². The topological polar surface area (TPSA) is 100 Å². The summed E-state index contributed by atoms with van der Waals surface area (Å²) in [6.45, 7) is 2.07. The van der Waals surface area contributed by atoms with Gasteiger partial charge in [0.05, 0.1) is 17.8 Å². The van der Waals surface area contributed by atoms with Gasteiger partial charge in [-0.2, -0.15) is 5.10 Å². The van der Waals surface area contributed by atoms with Gasteiger partial charge in [0.15, 0.2) is 11.5 Å². The van der Waals surface area contributed by atoms with Gasteiger partial charge in [-0.05, 0) is 48.9 Å². The van der Waals surface area contributed by atoms with Crippen molar-refractivity contribution in [1.29, 1.82) is 0 Å². The highest BCUT2D eigenvalue weighted by molar-refractivity contribution is 6.39. The molecule has 0 bridgehead atoms. The van der Waals surface area contributed by atoms with Crippen molar-refractivity contribution in [2.45, 2.75) is 6.92 Å². The Morgan fingerprint density at radius 3 is 2.62 bits per heavy atom. The fraction of sp³-hybridized carbons (Fsp3) is 0.118. The van der Waals surface area contributed by atoms with Crippen molar-refractivity contribution in [2.75, 3.05) is 11.9 Å². The number of hydrogen-bond acceptors (Lipinski definition) is 5. The van der Waals surface area contributed by atoms with Gasteiger partial charge in [-0.1, -0.05) is 11.6 Å². The molecule has 0 saturated heterocycles. The fourth-order valence-corrected chi connectivity index (χ4v) is 2.09. The molecule has 0 aliphatic heterocycles. The maximum atomic E-state index is 12.8. The molecule has 2 rings (SSSR count). The van der Waals surface area contributed by atoms with E-state index < -0.39 is 17.6 Å². The summed E-state index contributed by atoms with van der Waals surface area (Å²) >= 11 is 5.88. The second-order valence-corrected chi connectivity index (χ2v) is 5.35. The minimum atomic E-state index is -1.01. The number of rotatable bonds is 5. The fourth-order valence-electron chi connectivity index (χ4n) is 1.87. The Morgan fingerprint density at radius 2 is 1.96 bits per heavy atom. The lowest BCUT2D eigenvalue weighted by Crippen LogP contribution is -2.32. The van der Waals surface area contributed by atoms with Crippen molar-refractivity contribution in [3.05, 3.63) is 52.8 Å². The Morgan fingerprint density at radius 1 is 1.27 bits per heavy atom. The molecule has 2 aromatic carbocycles. The molecule has 26 heavy (non-hydrogen) atoms. The summed E-state index contributed by atoms with van der Waals surface area (Å²) in [5.41, 5.74) is 2.75. The van der Waals surface area contributed by atoms with Gasteiger partial charge < -0.3 is 15.2 Å². The summed E-state index contributed by atoms with van der Waals surface area (Å²) in [7, 11) is 0. The SMILES string of the molecule is CCOc1cc(/C=N\NC(=O)C(=O)Nc2ccc(F)cc2)cc(Cl)c1O. The maximum absolute atomic E-state index is 12.8. The Labute approximate surface area is 153 Å². The molecule has 0 spiro atoms. The molecule has 0 heterocycles. The highest BCUT2D eigenvalue weighted by Crippen LogP contribution is 2.34. The Bertz CT molecular complexity index is 841. The van der Waals surface area contributed by atoms with Crippen LogP contribution in [-0.2, 0) is 9.59 Å². The number of amides is 2. The summed E-state index contributed by atoms with van der Waals surface area (Å²) in [6, 6.07) is 7.81. The van der Waals surface area contributed by atoms with Crippen molar-refractivity contribution < 1.29 is 23.8 Å². The second kappa shape index (κ2) is 8.82. The smallest absolute Gasteiger partial charge is 0.329 e.